The van der Waals surface area contributed by atoms with Crippen molar-refractivity contribution in [2.75, 3.05) is 0 Å². The second-order valence-corrected chi connectivity index (χ2v) is 6.94. The van der Waals surface area contributed by atoms with Gasteiger partial charge in [0.05, 0.1) is 0 Å². The number of carbonyl (C=O) groups is 2. The molecule has 2 N–H and O–H groups in total. The summed E-state index contributed by atoms with van der Waals surface area (Å²) in [5.74, 6) is -0.326. The molecule has 2 amide bonds. The Balaban J connectivity index is 1.61. The molecule has 0 radical (unpaired) electrons. The van der Waals surface area contributed by atoms with Gasteiger partial charge in [-0.05, 0) is 60.3 Å². The highest BCUT2D eigenvalue weighted by molar-refractivity contribution is 8.01. The van der Waals surface area contributed by atoms with Gasteiger partial charge in [0.1, 0.15) is 0 Å². The van der Waals surface area contributed by atoms with E-state index in [-0.39, 0.29) is 11.8 Å². The molecule has 0 heterocycles. The maximum absolute atomic E-state index is 12.2. The molecule has 0 aliphatic rings. The SMILES string of the molecule is O=C(NSc1ccccc1SNC(=O)c1ccccc1)c1ccccc1. The van der Waals surface area contributed by atoms with Crippen molar-refractivity contribution in [3.63, 3.8) is 0 Å². The van der Waals surface area contributed by atoms with Crippen molar-refractivity contribution in [2.24, 2.45) is 0 Å². The molecule has 6 heteroatoms. The van der Waals surface area contributed by atoms with Crippen molar-refractivity contribution in [2.45, 2.75) is 9.79 Å². The minimum atomic E-state index is -0.163. The summed E-state index contributed by atoms with van der Waals surface area (Å²) in [7, 11) is 0. The van der Waals surface area contributed by atoms with Gasteiger partial charge in [0.15, 0.2) is 0 Å². The molecule has 0 unspecified atom stereocenters. The van der Waals surface area contributed by atoms with Crippen LogP contribution in [0, 0.1) is 0 Å². The lowest BCUT2D eigenvalue weighted by Gasteiger charge is -2.10. The zero-order valence-corrected chi connectivity index (χ0v) is 15.3. The lowest BCUT2D eigenvalue weighted by Crippen LogP contribution is -2.17. The van der Waals surface area contributed by atoms with E-state index in [2.05, 4.69) is 9.44 Å². The minimum Gasteiger partial charge on any atom is -0.292 e. The molecule has 0 atom stereocenters. The molecule has 0 aliphatic heterocycles. The number of hydrogen-bond donors (Lipinski definition) is 2. The van der Waals surface area contributed by atoms with Gasteiger partial charge in [-0.2, -0.15) is 0 Å². The fraction of sp³-hybridized carbons (Fsp3) is 0. The zero-order valence-electron chi connectivity index (χ0n) is 13.7. The second kappa shape index (κ2) is 9.12. The summed E-state index contributed by atoms with van der Waals surface area (Å²) in [5, 5.41) is 0. The van der Waals surface area contributed by atoms with Crippen LogP contribution in [0.4, 0.5) is 0 Å². The maximum Gasteiger partial charge on any atom is 0.261 e. The number of rotatable bonds is 6. The Hall–Kier alpha value is -2.70. The molecule has 26 heavy (non-hydrogen) atoms. The largest absolute Gasteiger partial charge is 0.292 e. The van der Waals surface area contributed by atoms with Gasteiger partial charge in [-0.3, -0.25) is 19.0 Å². The van der Waals surface area contributed by atoms with Gasteiger partial charge in [-0.1, -0.05) is 48.5 Å². The molecule has 4 nitrogen and oxygen atoms in total. The fourth-order valence-corrected chi connectivity index (χ4v) is 3.64. The predicted octanol–water partition coefficient (Wildman–Crippen LogP) is 4.56. The van der Waals surface area contributed by atoms with Crippen molar-refractivity contribution in [3.8, 4) is 0 Å². The van der Waals surface area contributed by atoms with E-state index in [4.69, 9.17) is 0 Å². The molecule has 0 spiro atoms. The first-order chi connectivity index (χ1) is 12.7. The molecule has 0 saturated carbocycles. The number of nitrogens with one attached hydrogen (secondary N) is 2. The van der Waals surface area contributed by atoms with Crippen LogP contribution < -0.4 is 9.44 Å². The van der Waals surface area contributed by atoms with Crippen LogP contribution in [0.2, 0.25) is 0 Å². The van der Waals surface area contributed by atoms with Crippen LogP contribution in [0.1, 0.15) is 20.7 Å². The van der Waals surface area contributed by atoms with Gasteiger partial charge in [-0.15, -0.1) is 0 Å². The van der Waals surface area contributed by atoms with E-state index < -0.39 is 0 Å². The first-order valence-electron chi connectivity index (χ1n) is 7.87. The maximum atomic E-state index is 12.2. The molecular formula is C20H16N2O2S2. The van der Waals surface area contributed by atoms with E-state index in [0.29, 0.717) is 11.1 Å². The highest BCUT2D eigenvalue weighted by Gasteiger charge is 2.10. The Morgan fingerprint density at radius 1 is 0.538 bits per heavy atom. The summed E-state index contributed by atoms with van der Waals surface area (Å²) < 4.78 is 5.65. The zero-order chi connectivity index (χ0) is 18.2. The van der Waals surface area contributed by atoms with Crippen molar-refractivity contribution in [1.82, 2.24) is 9.44 Å². The summed E-state index contributed by atoms with van der Waals surface area (Å²) in [6.45, 7) is 0. The van der Waals surface area contributed by atoms with Crippen LogP contribution in [0.3, 0.4) is 0 Å². The fourth-order valence-electron chi connectivity index (χ4n) is 2.12. The summed E-state index contributed by atoms with van der Waals surface area (Å²) in [6.07, 6.45) is 0. The van der Waals surface area contributed by atoms with Crippen LogP contribution in [0.15, 0.2) is 94.7 Å². The van der Waals surface area contributed by atoms with E-state index in [0.717, 1.165) is 9.79 Å². The molecule has 0 aromatic heterocycles. The topological polar surface area (TPSA) is 58.2 Å². The van der Waals surface area contributed by atoms with Crippen molar-refractivity contribution in [1.29, 1.82) is 0 Å². The Morgan fingerprint density at radius 2 is 0.885 bits per heavy atom. The van der Waals surface area contributed by atoms with Crippen LogP contribution in [0.25, 0.3) is 0 Å². The Bertz CT molecular complexity index is 812. The van der Waals surface area contributed by atoms with E-state index in [1.54, 1.807) is 24.3 Å². The molecule has 0 bridgehead atoms. The highest BCUT2D eigenvalue weighted by atomic mass is 32.2. The second-order valence-electron chi connectivity index (χ2n) is 5.25. The molecule has 3 rings (SSSR count). The van der Waals surface area contributed by atoms with Gasteiger partial charge in [0.2, 0.25) is 0 Å². The molecule has 0 aliphatic carbocycles. The third-order valence-corrected chi connectivity index (χ3v) is 5.28. The molecule has 130 valence electrons. The van der Waals surface area contributed by atoms with Crippen molar-refractivity contribution < 1.29 is 9.59 Å². The smallest absolute Gasteiger partial charge is 0.261 e. The third kappa shape index (κ3) is 4.91. The van der Waals surface area contributed by atoms with Crippen LogP contribution >= 0.6 is 23.9 Å². The normalized spacial score (nSPS) is 10.2. The summed E-state index contributed by atoms with van der Waals surface area (Å²) in [4.78, 5) is 26.1. The average molecular weight is 380 g/mol. The monoisotopic (exact) mass is 380 g/mol. The van der Waals surface area contributed by atoms with Gasteiger partial charge < -0.3 is 0 Å². The quantitative estimate of drug-likeness (QED) is 0.616. The minimum absolute atomic E-state index is 0.163. The van der Waals surface area contributed by atoms with Gasteiger partial charge in [-0.25, -0.2) is 0 Å². The standard InChI is InChI=1S/C20H16N2O2S2/c23-19(15-9-3-1-4-10-15)21-25-17-13-7-8-14-18(17)26-22-20(24)16-11-5-2-6-12-16/h1-14H,(H,21,23)(H,22,24). The first kappa shape index (κ1) is 18.1. The van der Waals surface area contributed by atoms with Gasteiger partial charge in [0, 0.05) is 20.9 Å². The summed E-state index contributed by atoms with van der Waals surface area (Å²) in [6, 6.07) is 25.6. The van der Waals surface area contributed by atoms with Crippen molar-refractivity contribution in [3.05, 3.63) is 96.1 Å². The predicted molar refractivity (Wildman–Crippen MR) is 106 cm³/mol. The van der Waals surface area contributed by atoms with Gasteiger partial charge >= 0.3 is 0 Å². The first-order valence-corrected chi connectivity index (χ1v) is 9.51. The van der Waals surface area contributed by atoms with E-state index >= 15 is 0 Å². The Labute approximate surface area is 160 Å². The summed E-state index contributed by atoms with van der Waals surface area (Å²) >= 11 is 2.45. The van der Waals surface area contributed by atoms with E-state index in [1.807, 2.05) is 60.7 Å². The lowest BCUT2D eigenvalue weighted by molar-refractivity contribution is 0.0975. The molecule has 0 fully saturated rings. The lowest BCUT2D eigenvalue weighted by atomic mass is 10.2. The van der Waals surface area contributed by atoms with Gasteiger partial charge in [0.25, 0.3) is 11.8 Å². The Morgan fingerprint density at radius 3 is 1.27 bits per heavy atom. The average Bonchev–Trinajstić information content (AvgIpc) is 2.72. The number of benzene rings is 3. The number of carbonyl (C=O) groups excluding carboxylic acids is 2. The summed E-state index contributed by atoms with van der Waals surface area (Å²) in [5.41, 5.74) is 1.20. The van der Waals surface area contributed by atoms with Crippen LogP contribution in [-0.4, -0.2) is 11.8 Å². The van der Waals surface area contributed by atoms with E-state index in [1.165, 1.54) is 23.9 Å². The van der Waals surface area contributed by atoms with Crippen molar-refractivity contribution >= 4 is 35.7 Å². The molecule has 3 aromatic carbocycles. The molecule has 3 aromatic rings. The Kier molecular flexibility index (Phi) is 6.35. The highest BCUT2D eigenvalue weighted by Crippen LogP contribution is 2.28. The number of hydrogen-bond acceptors (Lipinski definition) is 4. The number of amides is 2. The molecular weight excluding hydrogens is 364 g/mol. The van der Waals surface area contributed by atoms with Crippen LogP contribution in [-0.2, 0) is 0 Å². The van der Waals surface area contributed by atoms with Crippen LogP contribution in [0.5, 0.6) is 0 Å². The van der Waals surface area contributed by atoms with E-state index in [9.17, 15) is 9.59 Å². The molecule has 0 saturated heterocycles. The third-order valence-electron chi connectivity index (χ3n) is 3.43.